The van der Waals surface area contributed by atoms with Gasteiger partial charge in [-0.25, -0.2) is 0 Å². The third kappa shape index (κ3) is 5.10. The van der Waals surface area contributed by atoms with E-state index in [0.717, 1.165) is 67.7 Å². The number of ether oxygens (including phenoxy) is 3. The van der Waals surface area contributed by atoms with E-state index < -0.39 is 0 Å². The van der Waals surface area contributed by atoms with Crippen molar-refractivity contribution in [3.8, 4) is 17.2 Å². The Morgan fingerprint density at radius 3 is 2.67 bits per heavy atom. The highest BCUT2D eigenvalue weighted by molar-refractivity contribution is 6.04. The molecule has 0 aliphatic carbocycles. The van der Waals surface area contributed by atoms with Gasteiger partial charge in [-0.3, -0.25) is 14.6 Å². The fourth-order valence-electron chi connectivity index (χ4n) is 5.13. The molecule has 188 valence electrons. The molecule has 1 fully saturated rings. The summed E-state index contributed by atoms with van der Waals surface area (Å²) < 4.78 is 18.4. The average Bonchev–Trinajstić information content (AvgIpc) is 2.92. The number of piperidine rings is 1. The third-order valence-electron chi connectivity index (χ3n) is 7.20. The Labute approximate surface area is 211 Å². The maximum atomic E-state index is 12.8. The Morgan fingerprint density at radius 2 is 1.92 bits per heavy atom. The minimum absolute atomic E-state index is 0.167. The fourth-order valence-corrected chi connectivity index (χ4v) is 5.13. The second kappa shape index (κ2) is 10.7. The topological polar surface area (TPSA) is 86.1 Å². The first kappa shape index (κ1) is 24.3. The van der Waals surface area contributed by atoms with Crippen LogP contribution in [0.25, 0.3) is 10.9 Å². The van der Waals surface area contributed by atoms with Crippen molar-refractivity contribution < 1.29 is 19.0 Å². The second-order valence-electron chi connectivity index (χ2n) is 9.40. The van der Waals surface area contributed by atoms with Crippen LogP contribution in [0, 0.1) is 0 Å². The molecule has 0 spiro atoms. The third-order valence-corrected chi connectivity index (χ3v) is 7.20. The number of rotatable bonds is 8. The largest absolute Gasteiger partial charge is 0.497 e. The summed E-state index contributed by atoms with van der Waals surface area (Å²) in [4.78, 5) is 33.6. The summed E-state index contributed by atoms with van der Waals surface area (Å²) >= 11 is 0. The maximum absolute atomic E-state index is 12.8. The van der Waals surface area contributed by atoms with Gasteiger partial charge in [0.15, 0.2) is 25.8 Å². The molecule has 5 rings (SSSR count). The number of pyridine rings is 2. The number of likely N-dealkylation sites (tertiary alicyclic amines) is 1. The summed E-state index contributed by atoms with van der Waals surface area (Å²) in [6.07, 6.45) is 4.59. The molecule has 0 unspecified atom stereocenters. The number of carbonyl (C=O) groups is 1. The molecule has 0 N–H and O–H groups in total. The van der Waals surface area contributed by atoms with Gasteiger partial charge >= 0.3 is 0 Å². The summed E-state index contributed by atoms with van der Waals surface area (Å²) in [5.41, 5.74) is 1.94. The number of methoxy groups -OCH3 is 1. The van der Waals surface area contributed by atoms with Gasteiger partial charge in [0.1, 0.15) is 19.0 Å². The zero-order chi connectivity index (χ0) is 25.1. The molecule has 2 aliphatic rings. The smallest absolute Gasteiger partial charge is 0.251 e. The van der Waals surface area contributed by atoms with Gasteiger partial charge in [-0.2, -0.15) is 0 Å². The Hall–Kier alpha value is -3.37. The Bertz CT molecular complexity index is 1310. The van der Waals surface area contributed by atoms with Crippen molar-refractivity contribution in [1.82, 2.24) is 19.3 Å². The van der Waals surface area contributed by atoms with Gasteiger partial charge < -0.3 is 28.5 Å². The lowest BCUT2D eigenvalue weighted by molar-refractivity contribution is 0.112. The van der Waals surface area contributed by atoms with Gasteiger partial charge in [-0.05, 0) is 38.1 Å². The zero-order valence-electron chi connectivity index (χ0n) is 20.8. The van der Waals surface area contributed by atoms with E-state index in [-0.39, 0.29) is 5.56 Å². The molecule has 10 heteroatoms. The number of benzene rings is 1. The van der Waals surface area contributed by atoms with Crippen LogP contribution in [-0.2, 0) is 13.1 Å². The molecule has 2 aliphatic heterocycles. The Balaban J connectivity index is 1.19. The van der Waals surface area contributed by atoms with Crippen molar-refractivity contribution in [2.75, 3.05) is 40.0 Å². The van der Waals surface area contributed by atoms with Crippen molar-refractivity contribution in [1.29, 1.82) is 0 Å². The fraction of sp³-hybridized carbons (Fsp3) is 0.423. The van der Waals surface area contributed by atoms with Crippen LogP contribution in [0.15, 0.2) is 41.3 Å². The molecule has 9 nitrogen and oxygen atoms in total. The van der Waals surface area contributed by atoms with E-state index in [1.54, 1.807) is 17.9 Å². The van der Waals surface area contributed by atoms with Crippen molar-refractivity contribution in [2.24, 2.45) is 0 Å². The van der Waals surface area contributed by atoms with Crippen LogP contribution in [0.1, 0.15) is 28.9 Å². The molecule has 4 heterocycles. The molecule has 0 bridgehead atoms. The molecule has 36 heavy (non-hydrogen) atoms. The highest BCUT2D eigenvalue weighted by atomic mass is 16.6. The average molecular weight is 490 g/mol. The normalized spacial score (nSPS) is 16.4. The zero-order valence-corrected chi connectivity index (χ0v) is 20.8. The van der Waals surface area contributed by atoms with Gasteiger partial charge in [0, 0.05) is 54.8 Å². The number of hydrogen-bond acceptors (Lipinski definition) is 8. The highest BCUT2D eigenvalue weighted by Crippen LogP contribution is 2.30. The first-order chi connectivity index (χ1) is 17.6. The molecule has 0 saturated carbocycles. The monoisotopic (exact) mass is 490 g/mol. The van der Waals surface area contributed by atoms with Crippen molar-refractivity contribution in [3.63, 3.8) is 0 Å². The van der Waals surface area contributed by atoms with Crippen LogP contribution in [0.5, 0.6) is 17.2 Å². The lowest BCUT2D eigenvalue weighted by Crippen LogP contribution is -2.44. The molecule has 2 aromatic heterocycles. The van der Waals surface area contributed by atoms with E-state index in [1.807, 2.05) is 24.3 Å². The van der Waals surface area contributed by atoms with E-state index in [4.69, 9.17) is 14.2 Å². The molecule has 1 saturated heterocycles. The van der Waals surface area contributed by atoms with Crippen LogP contribution in [0.2, 0.25) is 0 Å². The van der Waals surface area contributed by atoms with Crippen molar-refractivity contribution in [2.45, 2.75) is 32.0 Å². The number of hydrogen-bond donors (Lipinski definition) is 0. The van der Waals surface area contributed by atoms with E-state index in [9.17, 15) is 9.59 Å². The summed E-state index contributed by atoms with van der Waals surface area (Å²) in [5.74, 6) is 2.15. The SMILES string of the molecule is BN(Cc1cc2c(cn1)OCCO2)C1CCN(CCn2c(=O)cc(C=O)c3ccc(OC)cc32)CC1. The second-order valence-corrected chi connectivity index (χ2v) is 9.40. The standard InChI is InChI=1S/C26H31BN4O5/c1-34-21-2-3-22-18(17-32)12-26(33)30(23(22)14-21)9-8-29-6-4-20(5-7-29)31(27)16-19-13-24-25(15-28-19)36-11-10-35-24/h2-3,12-15,17,20H,4-11,16,27H2,1H3. The molecule has 1 aromatic carbocycles. The van der Waals surface area contributed by atoms with E-state index in [1.165, 1.54) is 6.07 Å². The molecule has 0 radical (unpaired) electrons. The van der Waals surface area contributed by atoms with Gasteiger partial charge in [0.2, 0.25) is 0 Å². The number of nitrogens with zero attached hydrogens (tertiary/aromatic N) is 4. The van der Waals surface area contributed by atoms with E-state index in [0.29, 0.717) is 42.9 Å². The predicted octanol–water partition coefficient (Wildman–Crippen LogP) is 1.50. The van der Waals surface area contributed by atoms with Gasteiger partial charge in [-0.15, -0.1) is 0 Å². The van der Waals surface area contributed by atoms with Crippen LogP contribution in [0.3, 0.4) is 0 Å². The van der Waals surface area contributed by atoms with Gasteiger partial charge in [0.05, 0.1) is 24.5 Å². The quantitative estimate of drug-likeness (QED) is 0.347. The van der Waals surface area contributed by atoms with Gasteiger partial charge in [0.25, 0.3) is 5.56 Å². The first-order valence-corrected chi connectivity index (χ1v) is 12.4. The number of carbonyl (C=O) groups excluding carboxylic acids is 1. The van der Waals surface area contributed by atoms with E-state index in [2.05, 4.69) is 22.7 Å². The van der Waals surface area contributed by atoms with Crippen molar-refractivity contribution in [3.05, 3.63) is 58.1 Å². The molecule has 0 atom stereocenters. The Morgan fingerprint density at radius 1 is 1.14 bits per heavy atom. The highest BCUT2D eigenvalue weighted by Gasteiger charge is 2.23. The van der Waals surface area contributed by atoms with Crippen LogP contribution in [0.4, 0.5) is 0 Å². The number of fused-ring (bicyclic) bond motifs is 2. The van der Waals surface area contributed by atoms with Gasteiger partial charge in [-0.1, -0.05) is 0 Å². The Kier molecular flexibility index (Phi) is 7.24. The first-order valence-electron chi connectivity index (χ1n) is 12.4. The summed E-state index contributed by atoms with van der Waals surface area (Å²) in [6, 6.07) is 9.35. The van der Waals surface area contributed by atoms with Crippen LogP contribution >= 0.6 is 0 Å². The lowest BCUT2D eigenvalue weighted by atomic mass is 9.99. The summed E-state index contributed by atoms with van der Waals surface area (Å²) in [6.45, 7) is 5.15. The van der Waals surface area contributed by atoms with Crippen molar-refractivity contribution >= 4 is 25.2 Å². The molecule has 3 aromatic rings. The molecule has 0 amide bonds. The maximum Gasteiger partial charge on any atom is 0.251 e. The van der Waals surface area contributed by atoms with Crippen LogP contribution < -0.4 is 19.8 Å². The molecular formula is C26H31BN4O5. The number of aromatic nitrogens is 2. The van der Waals surface area contributed by atoms with Crippen LogP contribution in [-0.4, -0.2) is 79.5 Å². The minimum atomic E-state index is -0.167. The minimum Gasteiger partial charge on any atom is -0.497 e. The number of aldehydes is 1. The summed E-state index contributed by atoms with van der Waals surface area (Å²) in [5, 5.41) is 0.762. The van der Waals surface area contributed by atoms with E-state index >= 15 is 0 Å². The lowest BCUT2D eigenvalue weighted by Gasteiger charge is -2.37. The summed E-state index contributed by atoms with van der Waals surface area (Å²) in [7, 11) is 3.74. The predicted molar refractivity (Wildman–Crippen MR) is 139 cm³/mol. The molecular weight excluding hydrogens is 459 g/mol.